The molecule has 2 amide bonds. The molecule has 0 saturated carbocycles. The van der Waals surface area contributed by atoms with Crippen molar-refractivity contribution in [3.8, 4) is 23.0 Å². The third-order valence-corrected chi connectivity index (χ3v) is 4.56. The Hall–Kier alpha value is -3.27. The monoisotopic (exact) mass is 463 g/mol. The molecule has 0 aromatic heterocycles. The molecule has 29 heavy (non-hydrogen) atoms. The Labute approximate surface area is 175 Å². The number of nitrogens with one attached hydrogen (secondary N) is 2. The van der Waals surface area contributed by atoms with Gasteiger partial charge in [0.2, 0.25) is 6.79 Å². The van der Waals surface area contributed by atoms with Gasteiger partial charge in [0.1, 0.15) is 11.5 Å². The zero-order chi connectivity index (χ0) is 20.8. The van der Waals surface area contributed by atoms with Crippen molar-refractivity contribution in [2.24, 2.45) is 5.10 Å². The van der Waals surface area contributed by atoms with Crippen LogP contribution in [0.15, 0.2) is 39.9 Å². The zero-order valence-electron chi connectivity index (χ0n) is 15.7. The second-order valence-electron chi connectivity index (χ2n) is 5.77. The Balaban J connectivity index is 1.53. The highest BCUT2D eigenvalue weighted by atomic mass is 79.9. The van der Waals surface area contributed by atoms with Crippen LogP contribution in [0.1, 0.15) is 15.9 Å². The molecule has 0 saturated heterocycles. The van der Waals surface area contributed by atoms with Gasteiger partial charge in [-0.2, -0.15) is 5.10 Å². The summed E-state index contributed by atoms with van der Waals surface area (Å²) in [6, 6.07) is 8.23. The van der Waals surface area contributed by atoms with Crippen LogP contribution in [0.3, 0.4) is 0 Å². The van der Waals surface area contributed by atoms with E-state index in [0.29, 0.717) is 38.6 Å². The van der Waals surface area contributed by atoms with Crippen molar-refractivity contribution in [3.63, 3.8) is 0 Å². The summed E-state index contributed by atoms with van der Waals surface area (Å²) in [5.41, 5.74) is 3.34. The molecule has 0 fully saturated rings. The molecular formula is C19H18BrN3O6. The number of carbonyl (C=O) groups is 2. The van der Waals surface area contributed by atoms with Crippen LogP contribution < -0.4 is 29.7 Å². The van der Waals surface area contributed by atoms with E-state index in [1.807, 2.05) is 0 Å². The van der Waals surface area contributed by atoms with E-state index in [2.05, 4.69) is 31.8 Å². The van der Waals surface area contributed by atoms with Crippen LogP contribution in [0, 0.1) is 0 Å². The van der Waals surface area contributed by atoms with Crippen LogP contribution in [-0.2, 0) is 4.79 Å². The molecule has 0 aliphatic carbocycles. The summed E-state index contributed by atoms with van der Waals surface area (Å²) in [5.74, 6) is 1.30. The number of hydrogen-bond donors (Lipinski definition) is 2. The fraction of sp³-hybridized carbons (Fsp3) is 0.211. The second kappa shape index (κ2) is 9.28. The molecule has 0 radical (unpaired) electrons. The van der Waals surface area contributed by atoms with Gasteiger partial charge in [-0.15, -0.1) is 0 Å². The minimum Gasteiger partial charge on any atom is -0.496 e. The van der Waals surface area contributed by atoms with E-state index in [0.717, 1.165) is 0 Å². The second-order valence-corrected chi connectivity index (χ2v) is 6.63. The summed E-state index contributed by atoms with van der Waals surface area (Å²) in [6.07, 6.45) is 1.43. The highest BCUT2D eigenvalue weighted by Crippen LogP contribution is 2.33. The lowest BCUT2D eigenvalue weighted by atomic mass is 10.2. The van der Waals surface area contributed by atoms with Crippen molar-refractivity contribution in [2.45, 2.75) is 0 Å². The topological polar surface area (TPSA) is 107 Å². The Morgan fingerprint density at radius 3 is 2.66 bits per heavy atom. The number of carbonyl (C=O) groups excluding carboxylic acids is 2. The van der Waals surface area contributed by atoms with Crippen LogP contribution in [-0.4, -0.2) is 45.6 Å². The lowest BCUT2D eigenvalue weighted by Crippen LogP contribution is -2.34. The van der Waals surface area contributed by atoms with Crippen molar-refractivity contribution in [1.29, 1.82) is 0 Å². The number of hydrogen-bond acceptors (Lipinski definition) is 7. The number of hydrazone groups is 1. The fourth-order valence-electron chi connectivity index (χ4n) is 2.50. The minimum absolute atomic E-state index is 0.121. The SMILES string of the molecule is COc1cc(OC)c(C=NNC(=O)CNC(=O)c2ccc3c(c2)OCO3)cc1Br. The molecule has 10 heteroatoms. The maximum atomic E-state index is 12.2. The summed E-state index contributed by atoms with van der Waals surface area (Å²) in [4.78, 5) is 24.1. The number of ether oxygens (including phenoxy) is 4. The predicted octanol–water partition coefficient (Wildman–Crippen LogP) is 2.08. The van der Waals surface area contributed by atoms with Crippen LogP contribution in [0.5, 0.6) is 23.0 Å². The smallest absolute Gasteiger partial charge is 0.259 e. The van der Waals surface area contributed by atoms with Gasteiger partial charge in [-0.1, -0.05) is 0 Å². The van der Waals surface area contributed by atoms with Gasteiger partial charge in [-0.25, -0.2) is 5.43 Å². The normalized spacial score (nSPS) is 12.0. The lowest BCUT2D eigenvalue weighted by Gasteiger charge is -2.09. The Kier molecular flexibility index (Phi) is 6.55. The number of benzene rings is 2. The van der Waals surface area contributed by atoms with Crippen LogP contribution in [0.4, 0.5) is 0 Å². The van der Waals surface area contributed by atoms with Gasteiger partial charge in [0.05, 0.1) is 31.5 Å². The molecule has 9 nitrogen and oxygen atoms in total. The molecule has 1 aliphatic rings. The Morgan fingerprint density at radius 1 is 1.14 bits per heavy atom. The van der Waals surface area contributed by atoms with Gasteiger partial charge >= 0.3 is 0 Å². The van der Waals surface area contributed by atoms with Crippen molar-refractivity contribution in [2.75, 3.05) is 27.6 Å². The average molecular weight is 464 g/mol. The van der Waals surface area contributed by atoms with Gasteiger partial charge < -0.3 is 24.3 Å². The molecule has 0 atom stereocenters. The first kappa shape index (κ1) is 20.5. The summed E-state index contributed by atoms with van der Waals surface area (Å²) in [7, 11) is 3.07. The molecule has 1 aliphatic heterocycles. The molecular weight excluding hydrogens is 446 g/mol. The number of fused-ring (bicyclic) bond motifs is 1. The van der Waals surface area contributed by atoms with E-state index < -0.39 is 11.8 Å². The highest BCUT2D eigenvalue weighted by molar-refractivity contribution is 9.10. The standard InChI is InChI=1S/C19H18BrN3O6/c1-26-15-7-16(27-2)13(20)5-12(15)8-22-23-18(24)9-21-19(25)11-3-4-14-17(6-11)29-10-28-14/h3-8H,9-10H2,1-2H3,(H,21,25)(H,23,24). The van der Waals surface area contributed by atoms with Crippen molar-refractivity contribution < 1.29 is 28.5 Å². The highest BCUT2D eigenvalue weighted by Gasteiger charge is 2.16. The molecule has 2 N–H and O–H groups in total. The number of amides is 2. The van der Waals surface area contributed by atoms with Gasteiger partial charge in [0.25, 0.3) is 11.8 Å². The van der Waals surface area contributed by atoms with Gasteiger partial charge in [-0.05, 0) is 40.2 Å². The molecule has 2 aromatic carbocycles. The molecule has 2 aromatic rings. The molecule has 0 spiro atoms. The van der Waals surface area contributed by atoms with Crippen molar-refractivity contribution in [3.05, 3.63) is 45.9 Å². The third-order valence-electron chi connectivity index (χ3n) is 3.94. The molecule has 0 unspecified atom stereocenters. The summed E-state index contributed by atoms with van der Waals surface area (Å²) >= 11 is 3.38. The fourth-order valence-corrected chi connectivity index (χ4v) is 3.02. The van der Waals surface area contributed by atoms with E-state index >= 15 is 0 Å². The zero-order valence-corrected chi connectivity index (χ0v) is 17.2. The van der Waals surface area contributed by atoms with E-state index in [-0.39, 0.29) is 13.3 Å². The largest absolute Gasteiger partial charge is 0.496 e. The lowest BCUT2D eigenvalue weighted by molar-refractivity contribution is -0.120. The molecule has 3 rings (SSSR count). The molecule has 1 heterocycles. The van der Waals surface area contributed by atoms with Crippen LogP contribution in [0.2, 0.25) is 0 Å². The first-order valence-corrected chi connectivity index (χ1v) is 9.22. The van der Waals surface area contributed by atoms with Gasteiger partial charge in [0.15, 0.2) is 11.5 Å². The third kappa shape index (κ3) is 4.96. The predicted molar refractivity (Wildman–Crippen MR) is 108 cm³/mol. The number of methoxy groups -OCH3 is 2. The van der Waals surface area contributed by atoms with Gasteiger partial charge in [-0.3, -0.25) is 9.59 Å². The summed E-state index contributed by atoms with van der Waals surface area (Å²) in [6.45, 7) is -0.121. The minimum atomic E-state index is -0.484. The first-order chi connectivity index (χ1) is 14.0. The number of rotatable bonds is 7. The van der Waals surface area contributed by atoms with E-state index in [1.54, 1.807) is 37.4 Å². The molecule has 0 bridgehead atoms. The van der Waals surface area contributed by atoms with Crippen LogP contribution in [0.25, 0.3) is 0 Å². The Morgan fingerprint density at radius 2 is 1.90 bits per heavy atom. The molecule has 152 valence electrons. The average Bonchev–Trinajstić information content (AvgIpc) is 3.20. The maximum absolute atomic E-state index is 12.2. The van der Waals surface area contributed by atoms with Crippen molar-refractivity contribution >= 4 is 34.0 Å². The van der Waals surface area contributed by atoms with Crippen LogP contribution >= 0.6 is 15.9 Å². The van der Waals surface area contributed by atoms with Gasteiger partial charge in [0, 0.05) is 17.2 Å². The summed E-state index contributed by atoms with van der Waals surface area (Å²) in [5, 5.41) is 6.41. The van der Waals surface area contributed by atoms with E-state index in [9.17, 15) is 9.59 Å². The quantitative estimate of drug-likeness (QED) is 0.480. The first-order valence-electron chi connectivity index (χ1n) is 8.43. The summed E-state index contributed by atoms with van der Waals surface area (Å²) < 4.78 is 21.6. The number of halogens is 1. The van der Waals surface area contributed by atoms with Crippen molar-refractivity contribution in [1.82, 2.24) is 10.7 Å². The van der Waals surface area contributed by atoms with E-state index in [4.69, 9.17) is 18.9 Å². The maximum Gasteiger partial charge on any atom is 0.259 e. The van der Waals surface area contributed by atoms with E-state index in [1.165, 1.54) is 13.3 Å². The number of nitrogens with zero attached hydrogens (tertiary/aromatic N) is 1. The Bertz CT molecular complexity index is 963.